The molecular formula is C25H36N6O. The molecule has 2 aliphatic rings. The van der Waals surface area contributed by atoms with Crippen LogP contribution in [-0.4, -0.2) is 54.0 Å². The lowest BCUT2D eigenvalue weighted by molar-refractivity contribution is 0.0912. The maximum absolute atomic E-state index is 12.9. The summed E-state index contributed by atoms with van der Waals surface area (Å²) in [5, 5.41) is 9.86. The predicted octanol–water partition coefficient (Wildman–Crippen LogP) is 4.14. The molecule has 2 saturated carbocycles. The molecule has 1 aromatic carbocycles. The first kappa shape index (κ1) is 22.5. The standard InChI is InChI=1S/C25H36N6O/c1-24(2)19-10-12-25(24,3)16-21(19)29-22(32)20-11-13-27-23(30-20)28-18-8-6-17(7-9-18)26-14-15-31(4)5/h6-9,11,13,19,21,26H,10,12,14-16H2,1-5H3,(H,29,32)(H,27,28,30). The molecule has 172 valence electrons. The Morgan fingerprint density at radius 2 is 1.84 bits per heavy atom. The zero-order chi connectivity index (χ0) is 22.9. The summed E-state index contributed by atoms with van der Waals surface area (Å²) in [6.45, 7) is 8.94. The van der Waals surface area contributed by atoms with E-state index in [9.17, 15) is 4.79 Å². The van der Waals surface area contributed by atoms with Crippen LogP contribution in [0.15, 0.2) is 36.5 Å². The Hall–Kier alpha value is -2.67. The van der Waals surface area contributed by atoms with E-state index in [1.54, 1.807) is 12.3 Å². The number of amides is 1. The van der Waals surface area contributed by atoms with Gasteiger partial charge in [0.25, 0.3) is 5.91 Å². The first-order chi connectivity index (χ1) is 15.2. The molecule has 2 aromatic rings. The Labute approximate surface area is 191 Å². The number of nitrogens with one attached hydrogen (secondary N) is 3. The summed E-state index contributed by atoms with van der Waals surface area (Å²) in [5.74, 6) is 0.833. The van der Waals surface area contributed by atoms with E-state index in [4.69, 9.17) is 0 Å². The summed E-state index contributed by atoms with van der Waals surface area (Å²) in [4.78, 5) is 23.8. The zero-order valence-corrected chi connectivity index (χ0v) is 19.9. The molecule has 1 aromatic heterocycles. The molecule has 4 rings (SSSR count). The van der Waals surface area contributed by atoms with Gasteiger partial charge in [0.2, 0.25) is 5.95 Å². The number of nitrogens with zero attached hydrogens (tertiary/aromatic N) is 3. The van der Waals surface area contributed by atoms with Crippen LogP contribution in [0.3, 0.4) is 0 Å². The Morgan fingerprint density at radius 3 is 2.47 bits per heavy atom. The van der Waals surface area contributed by atoms with Crippen molar-refractivity contribution < 1.29 is 4.79 Å². The third-order valence-electron chi connectivity index (χ3n) is 7.88. The fourth-order valence-corrected chi connectivity index (χ4v) is 5.47. The second-order valence-electron chi connectivity index (χ2n) is 10.4. The number of anilines is 3. The summed E-state index contributed by atoms with van der Waals surface area (Å²) >= 11 is 0. The Morgan fingerprint density at radius 1 is 1.12 bits per heavy atom. The summed E-state index contributed by atoms with van der Waals surface area (Å²) in [6, 6.07) is 9.89. The lowest BCUT2D eigenvalue weighted by atomic mass is 9.71. The van der Waals surface area contributed by atoms with E-state index in [1.807, 2.05) is 24.3 Å². The number of carbonyl (C=O) groups excluding carboxylic acids is 1. The lowest BCUT2D eigenvalue weighted by Gasteiger charge is -2.33. The van der Waals surface area contributed by atoms with Crippen molar-refractivity contribution >= 4 is 23.2 Å². The highest BCUT2D eigenvalue weighted by molar-refractivity contribution is 5.92. The molecule has 2 aliphatic carbocycles. The third-order valence-corrected chi connectivity index (χ3v) is 7.88. The zero-order valence-electron chi connectivity index (χ0n) is 19.9. The molecule has 0 radical (unpaired) electrons. The number of hydrogen-bond donors (Lipinski definition) is 3. The summed E-state index contributed by atoms with van der Waals surface area (Å²) < 4.78 is 0. The maximum Gasteiger partial charge on any atom is 0.270 e. The topological polar surface area (TPSA) is 82.2 Å². The van der Waals surface area contributed by atoms with Crippen molar-refractivity contribution in [3.05, 3.63) is 42.2 Å². The number of aromatic nitrogens is 2. The van der Waals surface area contributed by atoms with Crippen LogP contribution in [0.25, 0.3) is 0 Å². The van der Waals surface area contributed by atoms with Crippen molar-refractivity contribution in [1.82, 2.24) is 20.2 Å². The highest BCUT2D eigenvalue weighted by Crippen LogP contribution is 2.65. The molecule has 2 bridgehead atoms. The molecule has 1 amide bonds. The summed E-state index contributed by atoms with van der Waals surface area (Å²) in [7, 11) is 4.11. The molecule has 3 N–H and O–H groups in total. The minimum Gasteiger partial charge on any atom is -0.384 e. The van der Waals surface area contributed by atoms with Gasteiger partial charge in [0.1, 0.15) is 5.69 Å². The van der Waals surface area contributed by atoms with Crippen molar-refractivity contribution in [2.75, 3.05) is 37.8 Å². The number of rotatable bonds is 8. The van der Waals surface area contributed by atoms with E-state index >= 15 is 0 Å². The summed E-state index contributed by atoms with van der Waals surface area (Å²) in [6.07, 6.45) is 5.11. The van der Waals surface area contributed by atoms with Gasteiger partial charge in [-0.25, -0.2) is 9.97 Å². The number of carbonyl (C=O) groups is 1. The molecule has 7 heteroatoms. The average Bonchev–Trinajstić information content (AvgIpc) is 3.08. The van der Waals surface area contributed by atoms with Crippen LogP contribution in [0, 0.1) is 16.7 Å². The quantitative estimate of drug-likeness (QED) is 0.577. The smallest absolute Gasteiger partial charge is 0.270 e. The highest BCUT2D eigenvalue weighted by atomic mass is 16.2. The van der Waals surface area contributed by atoms with E-state index in [2.05, 4.69) is 65.7 Å². The molecule has 3 atom stereocenters. The Bertz CT molecular complexity index is 954. The first-order valence-electron chi connectivity index (χ1n) is 11.6. The molecule has 0 aliphatic heterocycles. The van der Waals surface area contributed by atoms with Crippen LogP contribution in [0.4, 0.5) is 17.3 Å². The molecule has 3 unspecified atom stereocenters. The van der Waals surface area contributed by atoms with Crippen LogP contribution < -0.4 is 16.0 Å². The number of likely N-dealkylation sites (N-methyl/N-ethyl adjacent to an activating group) is 1. The van der Waals surface area contributed by atoms with Crippen molar-refractivity contribution in [1.29, 1.82) is 0 Å². The molecule has 2 fully saturated rings. The van der Waals surface area contributed by atoms with Gasteiger partial charge in [-0.3, -0.25) is 4.79 Å². The first-order valence-corrected chi connectivity index (χ1v) is 11.6. The number of hydrogen-bond acceptors (Lipinski definition) is 6. The average molecular weight is 437 g/mol. The van der Waals surface area contributed by atoms with E-state index < -0.39 is 0 Å². The van der Waals surface area contributed by atoms with Gasteiger partial charge in [-0.1, -0.05) is 20.8 Å². The normalized spacial score (nSPS) is 25.7. The Kier molecular flexibility index (Phi) is 6.12. The van der Waals surface area contributed by atoms with Crippen molar-refractivity contribution in [3.8, 4) is 0 Å². The van der Waals surface area contributed by atoms with E-state index in [0.29, 0.717) is 23.0 Å². The monoisotopic (exact) mass is 436 g/mol. The van der Waals surface area contributed by atoms with E-state index in [1.165, 1.54) is 12.8 Å². The van der Waals surface area contributed by atoms with Gasteiger partial charge in [-0.2, -0.15) is 0 Å². The van der Waals surface area contributed by atoms with Crippen LogP contribution >= 0.6 is 0 Å². The van der Waals surface area contributed by atoms with Crippen LogP contribution in [-0.2, 0) is 0 Å². The molecule has 1 heterocycles. The number of fused-ring (bicyclic) bond motifs is 2. The molecule has 7 nitrogen and oxygen atoms in total. The fraction of sp³-hybridized carbons (Fsp3) is 0.560. The van der Waals surface area contributed by atoms with Gasteiger partial charge in [-0.15, -0.1) is 0 Å². The fourth-order valence-electron chi connectivity index (χ4n) is 5.47. The molecular weight excluding hydrogens is 400 g/mol. The minimum absolute atomic E-state index is 0.118. The third kappa shape index (κ3) is 4.44. The maximum atomic E-state index is 12.9. The highest BCUT2D eigenvalue weighted by Gasteiger charge is 2.60. The lowest BCUT2D eigenvalue weighted by Crippen LogP contribution is -2.40. The molecule has 32 heavy (non-hydrogen) atoms. The van der Waals surface area contributed by atoms with Crippen LogP contribution in [0.2, 0.25) is 0 Å². The van der Waals surface area contributed by atoms with Crippen molar-refractivity contribution in [3.63, 3.8) is 0 Å². The second-order valence-corrected chi connectivity index (χ2v) is 10.4. The van der Waals surface area contributed by atoms with Gasteiger partial charge in [0, 0.05) is 36.7 Å². The largest absolute Gasteiger partial charge is 0.384 e. The SMILES string of the molecule is CN(C)CCNc1ccc(Nc2nccc(C(=O)NC3CC4(C)CCC3C4(C)C)n2)cc1. The van der Waals surface area contributed by atoms with Crippen LogP contribution in [0.5, 0.6) is 0 Å². The summed E-state index contributed by atoms with van der Waals surface area (Å²) in [5.41, 5.74) is 2.91. The van der Waals surface area contributed by atoms with Gasteiger partial charge in [-0.05, 0) is 80.4 Å². The Balaban J connectivity index is 1.36. The second kappa shape index (κ2) is 8.70. The molecule has 0 saturated heterocycles. The number of benzene rings is 1. The van der Waals surface area contributed by atoms with Gasteiger partial charge in [0.15, 0.2) is 0 Å². The van der Waals surface area contributed by atoms with Crippen molar-refractivity contribution in [2.45, 2.75) is 46.1 Å². The van der Waals surface area contributed by atoms with E-state index in [-0.39, 0.29) is 17.4 Å². The minimum atomic E-state index is -0.118. The van der Waals surface area contributed by atoms with E-state index in [0.717, 1.165) is 30.9 Å². The van der Waals surface area contributed by atoms with Gasteiger partial charge >= 0.3 is 0 Å². The van der Waals surface area contributed by atoms with Crippen LogP contribution in [0.1, 0.15) is 50.5 Å². The predicted molar refractivity (Wildman–Crippen MR) is 129 cm³/mol. The van der Waals surface area contributed by atoms with Gasteiger partial charge < -0.3 is 20.9 Å². The van der Waals surface area contributed by atoms with Gasteiger partial charge in [0.05, 0.1) is 0 Å². The van der Waals surface area contributed by atoms with Crippen molar-refractivity contribution in [2.24, 2.45) is 16.7 Å². The molecule has 0 spiro atoms.